The molecule has 1 fully saturated rings. The SMILES string of the molecule is COC(=O)c1c(NC(=S)NC2CCN(C(C)C)CC2)sc2c1CCC(C)C2. The van der Waals surface area contributed by atoms with E-state index >= 15 is 0 Å². The van der Waals surface area contributed by atoms with Crippen molar-refractivity contribution in [1.82, 2.24) is 10.2 Å². The van der Waals surface area contributed by atoms with Crippen molar-refractivity contribution < 1.29 is 9.53 Å². The number of esters is 1. The van der Waals surface area contributed by atoms with Gasteiger partial charge in [-0.25, -0.2) is 4.79 Å². The highest BCUT2D eigenvalue weighted by Gasteiger charge is 2.29. The van der Waals surface area contributed by atoms with Gasteiger partial charge in [0.15, 0.2) is 5.11 Å². The molecule has 1 unspecified atom stereocenters. The minimum atomic E-state index is -0.266. The van der Waals surface area contributed by atoms with Crippen molar-refractivity contribution in [2.75, 3.05) is 25.5 Å². The van der Waals surface area contributed by atoms with E-state index in [2.05, 4.69) is 36.3 Å². The smallest absolute Gasteiger partial charge is 0.341 e. The highest BCUT2D eigenvalue weighted by molar-refractivity contribution is 7.80. The third-order valence-corrected chi connectivity index (χ3v) is 7.11. The van der Waals surface area contributed by atoms with Crippen molar-refractivity contribution in [2.24, 2.45) is 5.92 Å². The molecule has 1 atom stereocenters. The third-order valence-electron chi connectivity index (χ3n) is 5.72. The molecule has 1 saturated heterocycles. The number of nitrogens with one attached hydrogen (secondary N) is 2. The van der Waals surface area contributed by atoms with Crippen molar-refractivity contribution in [1.29, 1.82) is 0 Å². The van der Waals surface area contributed by atoms with Gasteiger partial charge >= 0.3 is 5.97 Å². The predicted molar refractivity (Wildman–Crippen MR) is 116 cm³/mol. The van der Waals surface area contributed by atoms with Crippen LogP contribution in [-0.4, -0.2) is 48.3 Å². The second-order valence-corrected chi connectivity index (χ2v) is 9.56. The normalized spacial score (nSPS) is 21.0. The Kier molecular flexibility index (Phi) is 6.76. The lowest BCUT2D eigenvalue weighted by atomic mass is 9.88. The molecule has 1 aromatic rings. The monoisotopic (exact) mass is 409 g/mol. The summed E-state index contributed by atoms with van der Waals surface area (Å²) in [5, 5.41) is 8.19. The molecule has 1 aliphatic carbocycles. The maximum atomic E-state index is 12.4. The number of thiocarbonyl (C=S) groups is 1. The van der Waals surface area contributed by atoms with Crippen molar-refractivity contribution >= 4 is 39.6 Å². The molecule has 27 heavy (non-hydrogen) atoms. The van der Waals surface area contributed by atoms with Gasteiger partial charge in [0.1, 0.15) is 5.00 Å². The third kappa shape index (κ3) is 4.81. The topological polar surface area (TPSA) is 53.6 Å². The minimum Gasteiger partial charge on any atom is -0.465 e. The van der Waals surface area contributed by atoms with Gasteiger partial charge < -0.3 is 20.3 Å². The van der Waals surface area contributed by atoms with E-state index < -0.39 is 0 Å². The maximum Gasteiger partial charge on any atom is 0.341 e. The van der Waals surface area contributed by atoms with Crippen LogP contribution in [0.4, 0.5) is 5.00 Å². The quantitative estimate of drug-likeness (QED) is 0.582. The van der Waals surface area contributed by atoms with Gasteiger partial charge in [0.25, 0.3) is 0 Å². The summed E-state index contributed by atoms with van der Waals surface area (Å²) >= 11 is 7.22. The molecule has 0 radical (unpaired) electrons. The van der Waals surface area contributed by atoms with Crippen LogP contribution in [0.1, 0.15) is 60.8 Å². The van der Waals surface area contributed by atoms with Crippen LogP contribution in [0, 0.1) is 5.92 Å². The van der Waals surface area contributed by atoms with Gasteiger partial charge in [-0.05, 0) is 69.7 Å². The molecule has 5 nitrogen and oxygen atoms in total. The first kappa shape index (κ1) is 20.6. The zero-order chi connectivity index (χ0) is 19.6. The molecule has 0 spiro atoms. The fourth-order valence-corrected chi connectivity index (χ4v) is 5.78. The summed E-state index contributed by atoms with van der Waals surface area (Å²) in [5.74, 6) is 0.392. The molecular weight excluding hydrogens is 378 g/mol. The second kappa shape index (κ2) is 8.88. The van der Waals surface area contributed by atoms with Gasteiger partial charge in [0.2, 0.25) is 0 Å². The molecule has 0 amide bonds. The van der Waals surface area contributed by atoms with E-state index in [1.165, 1.54) is 12.0 Å². The number of carbonyl (C=O) groups excluding carboxylic acids is 1. The lowest BCUT2D eigenvalue weighted by molar-refractivity contribution is 0.0601. The molecule has 1 aromatic heterocycles. The Bertz CT molecular complexity index is 694. The average molecular weight is 410 g/mol. The van der Waals surface area contributed by atoms with Gasteiger partial charge in [-0.1, -0.05) is 6.92 Å². The number of hydrogen-bond donors (Lipinski definition) is 2. The van der Waals surface area contributed by atoms with Gasteiger partial charge in [-0.3, -0.25) is 0 Å². The molecule has 3 rings (SSSR count). The van der Waals surface area contributed by atoms with Crippen LogP contribution in [0.15, 0.2) is 0 Å². The summed E-state index contributed by atoms with van der Waals surface area (Å²) in [7, 11) is 1.45. The second-order valence-electron chi connectivity index (χ2n) is 8.05. The first-order valence-electron chi connectivity index (χ1n) is 9.93. The number of anilines is 1. The molecule has 2 N–H and O–H groups in total. The van der Waals surface area contributed by atoms with Crippen molar-refractivity contribution in [2.45, 2.75) is 65.0 Å². The molecule has 0 bridgehead atoms. The van der Waals surface area contributed by atoms with Gasteiger partial charge in [0, 0.05) is 30.1 Å². The van der Waals surface area contributed by atoms with Gasteiger partial charge in [0.05, 0.1) is 12.7 Å². The number of likely N-dealkylation sites (tertiary alicyclic amines) is 1. The van der Waals surface area contributed by atoms with E-state index in [0.717, 1.165) is 55.8 Å². The molecule has 0 saturated carbocycles. The number of nitrogens with zero attached hydrogens (tertiary/aromatic N) is 1. The number of rotatable bonds is 4. The molecule has 1 aliphatic heterocycles. The largest absolute Gasteiger partial charge is 0.465 e. The molecule has 150 valence electrons. The van der Waals surface area contributed by atoms with Crippen LogP contribution < -0.4 is 10.6 Å². The van der Waals surface area contributed by atoms with Crippen molar-refractivity contribution in [3.63, 3.8) is 0 Å². The number of ether oxygens (including phenoxy) is 1. The fraction of sp³-hybridized carbons (Fsp3) is 0.700. The van der Waals surface area contributed by atoms with Crippen LogP contribution in [0.25, 0.3) is 0 Å². The summed E-state index contributed by atoms with van der Waals surface area (Å²) in [5.41, 5.74) is 1.84. The lowest BCUT2D eigenvalue weighted by Gasteiger charge is -2.35. The first-order valence-corrected chi connectivity index (χ1v) is 11.2. The van der Waals surface area contributed by atoms with E-state index in [-0.39, 0.29) is 5.97 Å². The number of methoxy groups -OCH3 is 1. The van der Waals surface area contributed by atoms with Crippen LogP contribution in [-0.2, 0) is 17.6 Å². The fourth-order valence-electron chi connectivity index (χ4n) is 4.04. The van der Waals surface area contributed by atoms with Crippen LogP contribution in [0.5, 0.6) is 0 Å². The maximum absolute atomic E-state index is 12.4. The molecule has 7 heteroatoms. The van der Waals surface area contributed by atoms with E-state index in [9.17, 15) is 4.79 Å². The molecule has 0 aromatic carbocycles. The highest BCUT2D eigenvalue weighted by Crippen LogP contribution is 2.40. The molecule has 2 aliphatic rings. The van der Waals surface area contributed by atoms with E-state index in [4.69, 9.17) is 17.0 Å². The van der Waals surface area contributed by atoms with E-state index in [0.29, 0.717) is 28.7 Å². The van der Waals surface area contributed by atoms with Crippen molar-refractivity contribution in [3.05, 3.63) is 16.0 Å². The number of hydrogen-bond acceptors (Lipinski definition) is 5. The first-order chi connectivity index (χ1) is 12.9. The Labute approximate surface area is 171 Å². The number of piperidine rings is 1. The van der Waals surface area contributed by atoms with Crippen LogP contribution in [0.3, 0.4) is 0 Å². The number of carbonyl (C=O) groups is 1. The Morgan fingerprint density at radius 1 is 1.30 bits per heavy atom. The Morgan fingerprint density at radius 2 is 2.00 bits per heavy atom. The van der Waals surface area contributed by atoms with Crippen LogP contribution >= 0.6 is 23.6 Å². The van der Waals surface area contributed by atoms with Crippen LogP contribution in [0.2, 0.25) is 0 Å². The van der Waals surface area contributed by atoms with Crippen molar-refractivity contribution in [3.8, 4) is 0 Å². The Morgan fingerprint density at radius 3 is 2.63 bits per heavy atom. The molecular formula is C20H31N3O2S2. The van der Waals surface area contributed by atoms with E-state index in [1.807, 2.05) is 0 Å². The summed E-state index contributed by atoms with van der Waals surface area (Å²) < 4.78 is 5.05. The minimum absolute atomic E-state index is 0.266. The summed E-state index contributed by atoms with van der Waals surface area (Å²) in [6.45, 7) is 8.94. The van der Waals surface area contributed by atoms with E-state index in [1.54, 1.807) is 11.3 Å². The average Bonchev–Trinajstić information content (AvgIpc) is 2.98. The number of thiophene rings is 1. The molecule has 2 heterocycles. The summed E-state index contributed by atoms with van der Waals surface area (Å²) in [6, 6.07) is 0.981. The number of fused-ring (bicyclic) bond motifs is 1. The van der Waals surface area contributed by atoms with Gasteiger partial charge in [-0.15, -0.1) is 11.3 Å². The standard InChI is InChI=1S/C20H31N3O2S2/c1-12(2)23-9-7-14(8-10-23)21-20(26)22-18-17(19(24)25-4)15-6-5-13(3)11-16(15)27-18/h12-14H,5-11H2,1-4H3,(H2,21,22,26). The zero-order valence-electron chi connectivity index (χ0n) is 16.8. The summed E-state index contributed by atoms with van der Waals surface area (Å²) in [4.78, 5) is 16.2. The lowest BCUT2D eigenvalue weighted by Crippen LogP contribution is -2.47. The zero-order valence-corrected chi connectivity index (χ0v) is 18.4. The summed E-state index contributed by atoms with van der Waals surface area (Å²) in [6.07, 6.45) is 5.25. The van der Waals surface area contributed by atoms with Gasteiger partial charge in [-0.2, -0.15) is 0 Å². The Hall–Kier alpha value is -1.18. The predicted octanol–water partition coefficient (Wildman–Crippen LogP) is 3.82. The highest BCUT2D eigenvalue weighted by atomic mass is 32.1. The Balaban J connectivity index is 1.66.